The largest absolute Gasteiger partial charge is 0.0834 e. The van der Waals surface area contributed by atoms with Crippen LogP contribution in [0.4, 0.5) is 0 Å². The lowest BCUT2D eigenvalue weighted by molar-refractivity contribution is 0.742. The van der Waals surface area contributed by atoms with E-state index >= 15 is 0 Å². The molecule has 2 atom stereocenters. The van der Waals surface area contributed by atoms with Gasteiger partial charge in [0.2, 0.25) is 0 Å². The van der Waals surface area contributed by atoms with Gasteiger partial charge in [-0.15, -0.1) is 0 Å². The minimum atomic E-state index is 0.680. The summed E-state index contributed by atoms with van der Waals surface area (Å²) in [5.41, 5.74) is 2.95. The molecule has 0 bridgehead atoms. The van der Waals surface area contributed by atoms with Crippen molar-refractivity contribution in [2.24, 2.45) is 11.8 Å². The molecule has 2 rings (SSSR count). The van der Waals surface area contributed by atoms with Gasteiger partial charge in [0.15, 0.2) is 0 Å². The molecule has 0 aliphatic heterocycles. The Kier molecular flexibility index (Phi) is 3.61. The Morgan fingerprint density at radius 3 is 2.62 bits per heavy atom. The molecule has 0 radical (unpaired) electrons. The number of hydrogen-bond donors (Lipinski definition) is 0. The minimum Gasteiger partial charge on any atom is -0.0834 e. The molecule has 0 saturated heterocycles. The molecule has 1 aliphatic rings. The van der Waals surface area contributed by atoms with Crippen LogP contribution in [-0.2, 0) is 0 Å². The van der Waals surface area contributed by atoms with Gasteiger partial charge in [0.1, 0.15) is 0 Å². The monoisotopic (exact) mass is 212 g/mol. The van der Waals surface area contributed by atoms with Crippen molar-refractivity contribution >= 4 is 6.08 Å². The van der Waals surface area contributed by atoms with Gasteiger partial charge in [-0.05, 0) is 30.2 Å². The molecule has 1 aliphatic carbocycles. The predicted octanol–water partition coefficient (Wildman–Crippen LogP) is 4.69. The molecular weight excluding hydrogens is 192 g/mol. The SMILES string of the molecule is CC(C=C1CC1C)CC=Cc1ccccc1. The van der Waals surface area contributed by atoms with Crippen molar-refractivity contribution in [1.82, 2.24) is 0 Å². The zero-order valence-corrected chi connectivity index (χ0v) is 10.2. The van der Waals surface area contributed by atoms with Crippen LogP contribution in [0.2, 0.25) is 0 Å². The first-order valence-electron chi connectivity index (χ1n) is 6.18. The van der Waals surface area contributed by atoms with Crippen LogP contribution in [-0.4, -0.2) is 0 Å². The van der Waals surface area contributed by atoms with Crippen LogP contribution in [0.25, 0.3) is 6.08 Å². The molecule has 2 unspecified atom stereocenters. The zero-order chi connectivity index (χ0) is 11.4. The van der Waals surface area contributed by atoms with Gasteiger partial charge in [-0.3, -0.25) is 0 Å². The summed E-state index contributed by atoms with van der Waals surface area (Å²) in [5, 5.41) is 0. The average molecular weight is 212 g/mol. The summed E-state index contributed by atoms with van der Waals surface area (Å²) < 4.78 is 0. The summed E-state index contributed by atoms with van der Waals surface area (Å²) in [4.78, 5) is 0. The molecular formula is C16H20. The molecule has 16 heavy (non-hydrogen) atoms. The summed E-state index contributed by atoms with van der Waals surface area (Å²) in [6.07, 6.45) is 9.41. The summed E-state index contributed by atoms with van der Waals surface area (Å²) in [6.45, 7) is 4.60. The molecule has 1 aromatic carbocycles. The van der Waals surface area contributed by atoms with Gasteiger partial charge in [-0.2, -0.15) is 0 Å². The van der Waals surface area contributed by atoms with Crippen molar-refractivity contribution < 1.29 is 0 Å². The maximum absolute atomic E-state index is 2.44. The fourth-order valence-electron chi connectivity index (χ4n) is 1.94. The van der Waals surface area contributed by atoms with Crippen LogP contribution in [0, 0.1) is 11.8 Å². The van der Waals surface area contributed by atoms with Crippen LogP contribution in [0.1, 0.15) is 32.3 Å². The third kappa shape index (κ3) is 3.37. The van der Waals surface area contributed by atoms with E-state index in [0.29, 0.717) is 5.92 Å². The third-order valence-corrected chi connectivity index (χ3v) is 3.13. The minimum absolute atomic E-state index is 0.680. The van der Waals surface area contributed by atoms with E-state index < -0.39 is 0 Å². The predicted molar refractivity (Wildman–Crippen MR) is 71.1 cm³/mol. The molecule has 0 N–H and O–H groups in total. The average Bonchev–Trinajstić information content (AvgIpc) is 2.95. The maximum Gasteiger partial charge on any atom is -0.0194 e. The molecule has 0 aromatic heterocycles. The van der Waals surface area contributed by atoms with Crippen LogP contribution in [0.5, 0.6) is 0 Å². The zero-order valence-electron chi connectivity index (χ0n) is 10.2. The second kappa shape index (κ2) is 5.16. The Hall–Kier alpha value is -1.30. The van der Waals surface area contributed by atoms with Gasteiger partial charge < -0.3 is 0 Å². The summed E-state index contributed by atoms with van der Waals surface area (Å²) in [5.74, 6) is 1.54. The molecule has 84 valence electrons. The summed E-state index contributed by atoms with van der Waals surface area (Å²) in [6, 6.07) is 10.5. The number of allylic oxidation sites excluding steroid dienone is 3. The Balaban J connectivity index is 1.81. The molecule has 1 aromatic rings. The standard InChI is InChI=1S/C16H20/c1-13(11-16-12-14(16)2)7-6-10-15-8-4-3-5-9-15/h3-6,8-11,13-14H,7,12H2,1-2H3. The van der Waals surface area contributed by atoms with Gasteiger partial charge in [0, 0.05) is 0 Å². The quantitative estimate of drug-likeness (QED) is 0.635. The van der Waals surface area contributed by atoms with Crippen molar-refractivity contribution in [3.05, 3.63) is 53.6 Å². The second-order valence-corrected chi connectivity index (χ2v) is 4.87. The van der Waals surface area contributed by atoms with E-state index in [9.17, 15) is 0 Å². The first kappa shape index (κ1) is 11.2. The van der Waals surface area contributed by atoms with Crippen LogP contribution >= 0.6 is 0 Å². The maximum atomic E-state index is 2.44. The van der Waals surface area contributed by atoms with E-state index in [4.69, 9.17) is 0 Å². The van der Waals surface area contributed by atoms with Crippen LogP contribution in [0.15, 0.2) is 48.1 Å². The van der Waals surface area contributed by atoms with E-state index in [0.717, 1.165) is 12.3 Å². The number of benzene rings is 1. The lowest BCUT2D eigenvalue weighted by Crippen LogP contribution is -1.85. The van der Waals surface area contributed by atoms with E-state index in [1.807, 2.05) is 0 Å². The first-order valence-corrected chi connectivity index (χ1v) is 6.18. The number of hydrogen-bond acceptors (Lipinski definition) is 0. The van der Waals surface area contributed by atoms with E-state index in [2.05, 4.69) is 62.4 Å². The van der Waals surface area contributed by atoms with Gasteiger partial charge in [0.05, 0.1) is 0 Å². The highest BCUT2D eigenvalue weighted by Gasteiger charge is 2.23. The van der Waals surface area contributed by atoms with Crippen molar-refractivity contribution in [2.75, 3.05) is 0 Å². The van der Waals surface area contributed by atoms with Crippen LogP contribution in [0.3, 0.4) is 0 Å². The second-order valence-electron chi connectivity index (χ2n) is 4.87. The van der Waals surface area contributed by atoms with Crippen molar-refractivity contribution in [3.63, 3.8) is 0 Å². The van der Waals surface area contributed by atoms with Crippen molar-refractivity contribution in [1.29, 1.82) is 0 Å². The molecule has 0 nitrogen and oxygen atoms in total. The first-order chi connectivity index (χ1) is 7.75. The fraction of sp³-hybridized carbons (Fsp3) is 0.375. The highest BCUT2D eigenvalue weighted by molar-refractivity contribution is 5.48. The summed E-state index contributed by atoms with van der Waals surface area (Å²) >= 11 is 0. The molecule has 0 spiro atoms. The van der Waals surface area contributed by atoms with Crippen LogP contribution < -0.4 is 0 Å². The Labute approximate surface area is 98.7 Å². The third-order valence-electron chi connectivity index (χ3n) is 3.13. The van der Waals surface area contributed by atoms with Gasteiger partial charge in [-0.1, -0.05) is 68.0 Å². The van der Waals surface area contributed by atoms with Crippen molar-refractivity contribution in [2.45, 2.75) is 26.7 Å². The van der Waals surface area contributed by atoms with E-state index in [1.54, 1.807) is 5.57 Å². The Morgan fingerprint density at radius 1 is 1.31 bits per heavy atom. The number of rotatable bonds is 4. The normalized spacial score (nSPS) is 23.9. The molecule has 0 heteroatoms. The van der Waals surface area contributed by atoms with Gasteiger partial charge in [-0.25, -0.2) is 0 Å². The highest BCUT2D eigenvalue weighted by atomic mass is 14.3. The molecule has 1 saturated carbocycles. The Morgan fingerprint density at radius 2 is 2.00 bits per heavy atom. The lowest BCUT2D eigenvalue weighted by Gasteiger charge is -2.00. The van der Waals surface area contributed by atoms with Gasteiger partial charge in [0.25, 0.3) is 0 Å². The topological polar surface area (TPSA) is 0 Å². The Bertz CT molecular complexity index is 384. The van der Waals surface area contributed by atoms with Crippen molar-refractivity contribution in [3.8, 4) is 0 Å². The smallest absolute Gasteiger partial charge is 0.0194 e. The molecule has 0 amide bonds. The van der Waals surface area contributed by atoms with E-state index in [1.165, 1.54) is 12.0 Å². The summed E-state index contributed by atoms with van der Waals surface area (Å²) in [7, 11) is 0. The highest BCUT2D eigenvalue weighted by Crippen LogP contribution is 2.37. The lowest BCUT2D eigenvalue weighted by atomic mass is 10.1. The van der Waals surface area contributed by atoms with Gasteiger partial charge >= 0.3 is 0 Å². The fourth-order valence-corrected chi connectivity index (χ4v) is 1.94. The van der Waals surface area contributed by atoms with E-state index in [-0.39, 0.29) is 0 Å². The molecule has 0 heterocycles. The molecule has 1 fully saturated rings.